The molecule has 1 aliphatic heterocycles. The molecular weight excluding hydrogens is 306 g/mol. The van der Waals surface area contributed by atoms with Gasteiger partial charge in [-0.3, -0.25) is 14.0 Å². The van der Waals surface area contributed by atoms with E-state index in [1.165, 1.54) is 11.3 Å². The lowest BCUT2D eigenvalue weighted by atomic mass is 9.80. The highest BCUT2D eigenvalue weighted by Crippen LogP contribution is 2.30. The van der Waals surface area contributed by atoms with Crippen LogP contribution in [0.15, 0.2) is 17.8 Å². The number of carbonyl (C=O) groups is 2. The molecule has 3 heterocycles. The van der Waals surface area contributed by atoms with Crippen molar-refractivity contribution in [1.29, 1.82) is 0 Å². The summed E-state index contributed by atoms with van der Waals surface area (Å²) in [5, 5.41) is 14.1. The Morgan fingerprint density at radius 3 is 2.95 bits per heavy atom. The Labute approximate surface area is 130 Å². The lowest BCUT2D eigenvalue weighted by Crippen LogP contribution is -2.46. The van der Waals surface area contributed by atoms with E-state index in [-0.39, 0.29) is 18.9 Å². The molecule has 1 saturated heterocycles. The summed E-state index contributed by atoms with van der Waals surface area (Å²) in [7, 11) is 0. The van der Waals surface area contributed by atoms with Gasteiger partial charge in [0.25, 0.3) is 0 Å². The zero-order chi connectivity index (χ0) is 15.6. The van der Waals surface area contributed by atoms with E-state index in [4.69, 9.17) is 4.74 Å². The minimum absolute atomic E-state index is 0.141. The molecule has 0 radical (unpaired) electrons. The molecule has 7 nitrogen and oxygen atoms in total. The Kier molecular flexibility index (Phi) is 4.12. The van der Waals surface area contributed by atoms with Gasteiger partial charge in [0, 0.05) is 43.2 Å². The van der Waals surface area contributed by atoms with Crippen molar-refractivity contribution in [2.24, 2.45) is 5.41 Å². The third-order valence-corrected chi connectivity index (χ3v) is 4.99. The molecular formula is C14H17N3O4S. The van der Waals surface area contributed by atoms with Gasteiger partial charge in [0.15, 0.2) is 4.96 Å². The minimum atomic E-state index is -0.910. The summed E-state index contributed by atoms with van der Waals surface area (Å²) in [5.74, 6) is -1.05. The highest BCUT2D eigenvalue weighted by molar-refractivity contribution is 7.15. The van der Waals surface area contributed by atoms with Crippen LogP contribution >= 0.6 is 11.3 Å². The second-order valence-electron chi connectivity index (χ2n) is 5.46. The summed E-state index contributed by atoms with van der Waals surface area (Å²) in [5.41, 5.74) is -0.0567. The molecule has 3 rings (SSSR count). The van der Waals surface area contributed by atoms with Crippen LogP contribution < -0.4 is 5.32 Å². The molecule has 8 heteroatoms. The highest BCUT2D eigenvalue weighted by atomic mass is 32.1. The zero-order valence-corrected chi connectivity index (χ0v) is 12.8. The maximum atomic E-state index is 12.1. The van der Waals surface area contributed by atoms with Crippen molar-refractivity contribution in [2.75, 3.05) is 19.8 Å². The number of rotatable bonds is 5. The van der Waals surface area contributed by atoms with Crippen LogP contribution in [-0.2, 0) is 20.7 Å². The van der Waals surface area contributed by atoms with E-state index in [0.717, 1.165) is 10.7 Å². The Bertz CT molecular complexity index is 687. The van der Waals surface area contributed by atoms with E-state index in [9.17, 15) is 14.7 Å². The number of aliphatic carboxylic acids is 1. The number of hydrogen-bond acceptors (Lipinski definition) is 5. The van der Waals surface area contributed by atoms with Gasteiger partial charge >= 0.3 is 5.97 Å². The number of fused-ring (bicyclic) bond motifs is 1. The van der Waals surface area contributed by atoms with Crippen LogP contribution in [0.5, 0.6) is 0 Å². The Morgan fingerprint density at radius 2 is 2.23 bits per heavy atom. The van der Waals surface area contributed by atoms with E-state index < -0.39 is 11.4 Å². The number of thiazole rings is 1. The molecule has 0 aromatic carbocycles. The summed E-state index contributed by atoms with van der Waals surface area (Å²) in [4.78, 5) is 28.6. The first kappa shape index (κ1) is 15.0. The standard InChI is InChI=1S/C14H17N3O4S/c18-11(7-10-8-22-13-15-3-4-17(10)13)16-9-14(12(19)20)1-5-21-6-2-14/h3-4,8H,1-2,5-7,9H2,(H,16,18)(H,19,20). The topological polar surface area (TPSA) is 92.9 Å². The molecule has 118 valence electrons. The third kappa shape index (κ3) is 2.84. The predicted molar refractivity (Wildman–Crippen MR) is 79.9 cm³/mol. The van der Waals surface area contributed by atoms with Crippen LogP contribution in [0.3, 0.4) is 0 Å². The van der Waals surface area contributed by atoms with E-state index in [1.807, 2.05) is 16.0 Å². The highest BCUT2D eigenvalue weighted by Gasteiger charge is 2.40. The van der Waals surface area contributed by atoms with Crippen LogP contribution in [0, 0.1) is 5.41 Å². The maximum absolute atomic E-state index is 12.1. The fourth-order valence-corrected chi connectivity index (χ4v) is 3.47. The number of hydrogen-bond donors (Lipinski definition) is 2. The van der Waals surface area contributed by atoms with Crippen LogP contribution in [0.25, 0.3) is 4.96 Å². The van der Waals surface area contributed by atoms with Crippen molar-refractivity contribution < 1.29 is 19.4 Å². The zero-order valence-electron chi connectivity index (χ0n) is 11.9. The van der Waals surface area contributed by atoms with Crippen LogP contribution in [0.1, 0.15) is 18.5 Å². The SMILES string of the molecule is O=C(Cc1csc2nccn12)NCC1(C(=O)O)CCOCC1. The van der Waals surface area contributed by atoms with Crippen molar-refractivity contribution in [3.8, 4) is 0 Å². The number of nitrogens with zero attached hydrogens (tertiary/aromatic N) is 2. The molecule has 0 atom stereocenters. The number of nitrogens with one attached hydrogen (secondary N) is 1. The lowest BCUT2D eigenvalue weighted by molar-refractivity contribution is -0.154. The number of imidazole rings is 1. The van der Waals surface area contributed by atoms with Gasteiger partial charge in [0.2, 0.25) is 5.91 Å². The molecule has 2 aromatic rings. The molecule has 1 fully saturated rings. The number of amides is 1. The smallest absolute Gasteiger partial charge is 0.311 e. The summed E-state index contributed by atoms with van der Waals surface area (Å²) >= 11 is 1.47. The van der Waals surface area contributed by atoms with Gasteiger partial charge in [0.1, 0.15) is 0 Å². The van der Waals surface area contributed by atoms with Crippen LogP contribution in [0.2, 0.25) is 0 Å². The molecule has 0 unspecified atom stereocenters. The monoisotopic (exact) mass is 323 g/mol. The van der Waals surface area contributed by atoms with Gasteiger partial charge in [-0.2, -0.15) is 0 Å². The van der Waals surface area contributed by atoms with Gasteiger partial charge in [-0.15, -0.1) is 11.3 Å². The number of carboxylic acids is 1. The van der Waals surface area contributed by atoms with Crippen molar-refractivity contribution in [2.45, 2.75) is 19.3 Å². The Hall–Kier alpha value is -1.93. The van der Waals surface area contributed by atoms with Gasteiger partial charge in [-0.05, 0) is 12.8 Å². The molecule has 0 aliphatic carbocycles. The fourth-order valence-electron chi connectivity index (χ4n) is 2.62. The van der Waals surface area contributed by atoms with Crippen molar-refractivity contribution >= 4 is 28.2 Å². The van der Waals surface area contributed by atoms with Gasteiger partial charge in [-0.25, -0.2) is 4.98 Å². The normalized spacial score (nSPS) is 17.5. The Morgan fingerprint density at radius 1 is 1.45 bits per heavy atom. The van der Waals surface area contributed by atoms with E-state index in [2.05, 4.69) is 10.3 Å². The first-order valence-corrected chi connectivity index (χ1v) is 7.96. The van der Waals surface area contributed by atoms with E-state index in [1.54, 1.807) is 6.20 Å². The van der Waals surface area contributed by atoms with Gasteiger partial charge in [-0.1, -0.05) is 0 Å². The average Bonchev–Trinajstić information content (AvgIpc) is 3.11. The molecule has 0 spiro atoms. The molecule has 1 aliphatic rings. The quantitative estimate of drug-likeness (QED) is 0.854. The molecule has 22 heavy (non-hydrogen) atoms. The summed E-state index contributed by atoms with van der Waals surface area (Å²) in [6.07, 6.45) is 4.56. The number of ether oxygens (including phenoxy) is 1. The number of carbonyl (C=O) groups excluding carboxylic acids is 1. The fraction of sp³-hybridized carbons (Fsp3) is 0.500. The van der Waals surface area contributed by atoms with Crippen molar-refractivity contribution in [3.63, 3.8) is 0 Å². The van der Waals surface area contributed by atoms with Crippen molar-refractivity contribution in [3.05, 3.63) is 23.5 Å². The molecule has 2 N–H and O–H groups in total. The summed E-state index contributed by atoms with van der Waals surface area (Å²) in [6.45, 7) is 0.979. The van der Waals surface area contributed by atoms with E-state index >= 15 is 0 Å². The minimum Gasteiger partial charge on any atom is -0.481 e. The molecule has 2 aromatic heterocycles. The summed E-state index contributed by atoms with van der Waals surface area (Å²) < 4.78 is 7.09. The molecule has 0 saturated carbocycles. The Balaban J connectivity index is 1.62. The average molecular weight is 323 g/mol. The lowest BCUT2D eigenvalue weighted by Gasteiger charge is -2.33. The first-order valence-electron chi connectivity index (χ1n) is 7.08. The second kappa shape index (κ2) is 6.05. The van der Waals surface area contributed by atoms with Crippen molar-refractivity contribution in [1.82, 2.24) is 14.7 Å². The number of aromatic nitrogens is 2. The first-order chi connectivity index (χ1) is 10.6. The second-order valence-corrected chi connectivity index (χ2v) is 6.29. The van der Waals surface area contributed by atoms with E-state index in [0.29, 0.717) is 26.1 Å². The largest absolute Gasteiger partial charge is 0.481 e. The molecule has 1 amide bonds. The van der Waals surface area contributed by atoms with Crippen LogP contribution in [0.4, 0.5) is 0 Å². The molecule has 0 bridgehead atoms. The van der Waals surface area contributed by atoms with Gasteiger partial charge in [0.05, 0.1) is 11.8 Å². The summed E-state index contributed by atoms with van der Waals surface area (Å²) in [6, 6.07) is 0. The maximum Gasteiger partial charge on any atom is 0.311 e. The van der Waals surface area contributed by atoms with Crippen LogP contribution in [-0.4, -0.2) is 46.1 Å². The van der Waals surface area contributed by atoms with Gasteiger partial charge < -0.3 is 15.2 Å². The predicted octanol–water partition coefficient (Wildman–Crippen LogP) is 0.936. The third-order valence-electron chi connectivity index (χ3n) is 4.09. The number of carboxylic acid groups (broad SMARTS) is 1.